The smallest absolute Gasteiger partial charge is 0.0796 e. The van der Waals surface area contributed by atoms with E-state index in [9.17, 15) is 0 Å². The van der Waals surface area contributed by atoms with E-state index >= 15 is 0 Å². The third-order valence-electron chi connectivity index (χ3n) is 3.25. The van der Waals surface area contributed by atoms with Gasteiger partial charge in [0, 0.05) is 11.5 Å². The van der Waals surface area contributed by atoms with Crippen LogP contribution in [0.1, 0.15) is 17.3 Å². The molecule has 3 aromatic rings. The van der Waals surface area contributed by atoms with Crippen LogP contribution in [-0.4, -0.2) is 15.0 Å². The molecule has 0 saturated carbocycles. The molecule has 1 atom stereocenters. The van der Waals surface area contributed by atoms with Gasteiger partial charge >= 0.3 is 0 Å². The summed E-state index contributed by atoms with van der Waals surface area (Å²) in [7, 11) is 1.85. The average molecular weight is 317 g/mol. The normalized spacial score (nSPS) is 12.8. The van der Waals surface area contributed by atoms with Crippen molar-refractivity contribution in [3.05, 3.63) is 58.3 Å². The van der Waals surface area contributed by atoms with Gasteiger partial charge in [0.1, 0.15) is 0 Å². The zero-order valence-corrected chi connectivity index (χ0v) is 12.0. The topological polar surface area (TPSA) is 56.7 Å². The molecule has 2 aromatic carbocycles. The van der Waals surface area contributed by atoms with Crippen LogP contribution >= 0.6 is 15.9 Å². The van der Waals surface area contributed by atoms with Crippen LogP contribution < -0.4 is 5.73 Å². The minimum absolute atomic E-state index is 0.215. The highest BCUT2D eigenvalue weighted by Gasteiger charge is 2.13. The lowest BCUT2D eigenvalue weighted by molar-refractivity contribution is 0.651. The van der Waals surface area contributed by atoms with Crippen LogP contribution in [0.25, 0.3) is 10.8 Å². The Morgan fingerprint density at radius 2 is 1.89 bits per heavy atom. The number of aryl methyl sites for hydroxylation is 1. The largest absolute Gasteiger partial charge is 0.319 e. The number of fused-ring (bicyclic) bond motifs is 1. The molecular formula is C14H13BrN4. The van der Waals surface area contributed by atoms with E-state index in [1.165, 1.54) is 10.8 Å². The van der Waals surface area contributed by atoms with Gasteiger partial charge in [-0.25, -0.2) is 0 Å². The zero-order valence-electron chi connectivity index (χ0n) is 10.4. The number of hydrogen-bond donors (Lipinski definition) is 1. The summed E-state index contributed by atoms with van der Waals surface area (Å²) in [5, 5.41) is 10.1. The number of nitrogens with zero attached hydrogens (tertiary/aromatic N) is 3. The molecular weight excluding hydrogens is 304 g/mol. The summed E-state index contributed by atoms with van der Waals surface area (Å²) in [6.45, 7) is 0. The number of rotatable bonds is 2. The summed E-state index contributed by atoms with van der Waals surface area (Å²) < 4.78 is 2.78. The van der Waals surface area contributed by atoms with Gasteiger partial charge in [0.25, 0.3) is 0 Å². The highest BCUT2D eigenvalue weighted by atomic mass is 79.9. The molecule has 1 aromatic heterocycles. The Labute approximate surface area is 119 Å². The summed E-state index contributed by atoms with van der Waals surface area (Å²) in [4.78, 5) is 0. The van der Waals surface area contributed by atoms with Gasteiger partial charge in [-0.3, -0.25) is 4.68 Å². The maximum atomic E-state index is 6.27. The van der Waals surface area contributed by atoms with Gasteiger partial charge in [-0.15, -0.1) is 5.10 Å². The molecule has 1 heterocycles. The maximum absolute atomic E-state index is 6.27. The predicted octanol–water partition coefficient (Wildman–Crippen LogP) is 2.78. The molecule has 2 N–H and O–H groups in total. The highest BCUT2D eigenvalue weighted by Crippen LogP contribution is 2.25. The lowest BCUT2D eigenvalue weighted by Crippen LogP contribution is -2.15. The molecule has 0 saturated heterocycles. The van der Waals surface area contributed by atoms with Gasteiger partial charge < -0.3 is 5.73 Å². The van der Waals surface area contributed by atoms with Crippen molar-refractivity contribution in [1.82, 2.24) is 15.0 Å². The van der Waals surface area contributed by atoms with E-state index in [-0.39, 0.29) is 6.04 Å². The Bertz CT molecular complexity index is 735. The molecule has 0 bridgehead atoms. The minimum Gasteiger partial charge on any atom is -0.319 e. The van der Waals surface area contributed by atoms with Crippen molar-refractivity contribution in [2.75, 3.05) is 0 Å². The fourth-order valence-electron chi connectivity index (χ4n) is 2.18. The second kappa shape index (κ2) is 4.75. The van der Waals surface area contributed by atoms with Gasteiger partial charge in [0.05, 0.1) is 17.9 Å². The van der Waals surface area contributed by atoms with Gasteiger partial charge in [-0.1, -0.05) is 39.3 Å². The van der Waals surface area contributed by atoms with Crippen LogP contribution in [0.2, 0.25) is 0 Å². The first kappa shape index (κ1) is 12.3. The number of halogens is 1. The molecule has 3 rings (SSSR count). The molecule has 19 heavy (non-hydrogen) atoms. The molecule has 1 unspecified atom stereocenters. The molecule has 0 amide bonds. The second-order valence-corrected chi connectivity index (χ2v) is 5.43. The number of nitrogens with two attached hydrogens (primary N) is 1. The SMILES string of the molecule is Cn1nncc1C(N)c1ccc2cc(Br)ccc2c1. The highest BCUT2D eigenvalue weighted by molar-refractivity contribution is 9.10. The average Bonchev–Trinajstić information content (AvgIpc) is 2.83. The van der Waals surface area contributed by atoms with Crippen molar-refractivity contribution in [2.45, 2.75) is 6.04 Å². The van der Waals surface area contributed by atoms with E-state index in [0.717, 1.165) is 15.7 Å². The standard InChI is InChI=1S/C14H13BrN4/c1-19-13(8-17-18-19)14(16)11-3-2-10-7-12(15)5-4-9(10)6-11/h2-8,14H,16H2,1H3. The second-order valence-electron chi connectivity index (χ2n) is 4.51. The van der Waals surface area contributed by atoms with E-state index in [0.29, 0.717) is 0 Å². The van der Waals surface area contributed by atoms with Gasteiger partial charge in [-0.2, -0.15) is 0 Å². The van der Waals surface area contributed by atoms with E-state index in [2.05, 4.69) is 50.5 Å². The predicted molar refractivity (Wildman–Crippen MR) is 78.7 cm³/mol. The van der Waals surface area contributed by atoms with Crippen molar-refractivity contribution in [3.8, 4) is 0 Å². The van der Waals surface area contributed by atoms with E-state index in [4.69, 9.17) is 5.73 Å². The minimum atomic E-state index is -0.215. The van der Waals surface area contributed by atoms with Crippen molar-refractivity contribution in [2.24, 2.45) is 12.8 Å². The van der Waals surface area contributed by atoms with Crippen LogP contribution in [0.15, 0.2) is 47.1 Å². The third-order valence-corrected chi connectivity index (χ3v) is 3.75. The molecule has 0 aliphatic rings. The van der Waals surface area contributed by atoms with Crippen molar-refractivity contribution < 1.29 is 0 Å². The Balaban J connectivity index is 2.06. The van der Waals surface area contributed by atoms with Gasteiger partial charge in [0.2, 0.25) is 0 Å². The zero-order chi connectivity index (χ0) is 13.4. The first-order valence-corrected chi connectivity index (χ1v) is 6.74. The molecule has 0 aliphatic heterocycles. The summed E-state index contributed by atoms with van der Waals surface area (Å²) in [5.41, 5.74) is 8.23. The number of benzene rings is 2. The van der Waals surface area contributed by atoms with Crippen molar-refractivity contribution >= 4 is 26.7 Å². The lowest BCUT2D eigenvalue weighted by Gasteiger charge is -2.12. The summed E-state index contributed by atoms with van der Waals surface area (Å²) in [5.74, 6) is 0. The van der Waals surface area contributed by atoms with Crippen LogP contribution in [-0.2, 0) is 7.05 Å². The Morgan fingerprint density at radius 1 is 1.16 bits per heavy atom. The molecule has 0 aliphatic carbocycles. The van der Waals surface area contributed by atoms with Crippen LogP contribution in [0.3, 0.4) is 0 Å². The van der Waals surface area contributed by atoms with E-state index in [1.807, 2.05) is 19.2 Å². The summed E-state index contributed by atoms with van der Waals surface area (Å²) in [6, 6.07) is 12.2. The van der Waals surface area contributed by atoms with Gasteiger partial charge in [0.15, 0.2) is 0 Å². The lowest BCUT2D eigenvalue weighted by atomic mass is 10.0. The third kappa shape index (κ3) is 2.27. The van der Waals surface area contributed by atoms with Crippen LogP contribution in [0.5, 0.6) is 0 Å². The maximum Gasteiger partial charge on any atom is 0.0796 e. The summed E-state index contributed by atoms with van der Waals surface area (Å²) in [6.07, 6.45) is 1.70. The van der Waals surface area contributed by atoms with Crippen molar-refractivity contribution in [1.29, 1.82) is 0 Å². The molecule has 96 valence electrons. The van der Waals surface area contributed by atoms with Crippen molar-refractivity contribution in [3.63, 3.8) is 0 Å². The fourth-order valence-corrected chi connectivity index (χ4v) is 2.56. The Kier molecular flexibility index (Phi) is 3.08. The summed E-state index contributed by atoms with van der Waals surface area (Å²) >= 11 is 3.48. The van der Waals surface area contributed by atoms with E-state index < -0.39 is 0 Å². The molecule has 5 heteroatoms. The quantitative estimate of drug-likeness (QED) is 0.791. The molecule has 4 nitrogen and oxygen atoms in total. The number of aromatic nitrogens is 3. The Hall–Kier alpha value is -1.72. The monoisotopic (exact) mass is 316 g/mol. The van der Waals surface area contributed by atoms with E-state index in [1.54, 1.807) is 10.9 Å². The number of hydrogen-bond acceptors (Lipinski definition) is 3. The fraction of sp³-hybridized carbons (Fsp3) is 0.143. The first-order valence-electron chi connectivity index (χ1n) is 5.94. The van der Waals surface area contributed by atoms with Gasteiger partial charge in [-0.05, 0) is 34.5 Å². The first-order chi connectivity index (χ1) is 9.15. The van der Waals surface area contributed by atoms with Crippen LogP contribution in [0.4, 0.5) is 0 Å². The van der Waals surface area contributed by atoms with Crippen LogP contribution in [0, 0.1) is 0 Å². The molecule has 0 radical (unpaired) electrons. The molecule has 0 fully saturated rings. The molecule has 0 spiro atoms. The Morgan fingerprint density at radius 3 is 2.63 bits per heavy atom.